The van der Waals surface area contributed by atoms with E-state index < -0.39 is 67.4 Å². The van der Waals surface area contributed by atoms with Gasteiger partial charge in [0.15, 0.2) is 12.6 Å². The molecule has 2 fully saturated rings. The van der Waals surface area contributed by atoms with Crippen LogP contribution in [0, 0.1) is 0 Å². The van der Waals surface area contributed by atoms with Crippen molar-refractivity contribution in [1.29, 1.82) is 0 Å². The number of methoxy groups -OCH3 is 6. The van der Waals surface area contributed by atoms with E-state index in [0.29, 0.717) is 40.1 Å². The molecule has 9 rings (SSSR count). The molecule has 0 amide bonds. The van der Waals surface area contributed by atoms with Gasteiger partial charge in [-0.2, -0.15) is 0 Å². The SMILES string of the molecule is COc1ccc(COC[C@H]2O[C@H](O[C@H]3[C@H](OCc4ccc(OC)cc4)[C@@H](OCc4ccc(OC)cc4)[C@@H](OCc4ccc(C(=O)O)cc4)O[C@@H]3COCc3ccc(OC)cc3)[C@H](OCc3ccc(OC)cc3)[C@@H](OCc3ccc(OC)cc3)[C@@H]2O)cc1. The summed E-state index contributed by atoms with van der Waals surface area (Å²) in [7, 11) is 9.61. The number of rotatable bonds is 32. The molecule has 2 aliphatic heterocycles. The molecule has 2 N–H and O–H groups in total. The molecule has 2 heterocycles. The molecule has 7 aromatic rings. The van der Waals surface area contributed by atoms with E-state index in [-0.39, 0.29) is 65.0 Å². The highest BCUT2D eigenvalue weighted by Gasteiger charge is 2.54. The largest absolute Gasteiger partial charge is 0.497 e. The Labute approximate surface area is 507 Å². The summed E-state index contributed by atoms with van der Waals surface area (Å²) in [4.78, 5) is 11.9. The standard InChI is InChI=1S/C68H76O19/c1-72-52-23-9-44(10-24-52)35-78-42-58-60(69)62(80-37-47-13-27-54(74-3)28-14-47)64(82-39-49-17-31-56(76-5)32-18-49)68(85-58)87-61-59(43-79-36-45-11-25-53(73-2)26-12-45)86-67(84-41-46-7-21-51(22-8-46)66(70)71)65(83-40-50-19-33-57(77-6)34-20-50)63(61)81-38-48-15-29-55(75-4)30-16-48/h7-34,58-65,67-69H,35-43H2,1-6H3,(H,70,71)/t58-,59-,60-,61-,62+,63+,64-,65-,67+,68-/m1/s1. The van der Waals surface area contributed by atoms with Crippen LogP contribution < -0.4 is 28.4 Å². The fourth-order valence-corrected chi connectivity index (χ4v) is 9.95. The smallest absolute Gasteiger partial charge is 0.335 e. The lowest BCUT2D eigenvalue weighted by molar-refractivity contribution is -0.376. The number of ether oxygens (including phenoxy) is 16. The normalized spacial score (nSPS) is 21.8. The average Bonchev–Trinajstić information content (AvgIpc) is 1.67. The summed E-state index contributed by atoms with van der Waals surface area (Å²) in [5.74, 6) is 2.99. The van der Waals surface area contributed by atoms with Gasteiger partial charge in [-0.25, -0.2) is 4.79 Å². The van der Waals surface area contributed by atoms with Crippen molar-refractivity contribution in [3.05, 3.63) is 214 Å². The van der Waals surface area contributed by atoms with Crippen molar-refractivity contribution in [3.8, 4) is 34.5 Å². The van der Waals surface area contributed by atoms with Gasteiger partial charge in [0.1, 0.15) is 83.3 Å². The zero-order valence-corrected chi connectivity index (χ0v) is 49.6. The van der Waals surface area contributed by atoms with Gasteiger partial charge in [-0.3, -0.25) is 0 Å². The summed E-state index contributed by atoms with van der Waals surface area (Å²) in [6, 6.07) is 51.3. The number of aliphatic hydroxyl groups is 1. The number of hydrogen-bond acceptors (Lipinski definition) is 18. The first-order valence-electron chi connectivity index (χ1n) is 28.5. The maximum absolute atomic E-state index is 12.6. The molecule has 0 spiro atoms. The minimum atomic E-state index is -1.33. The molecule has 0 unspecified atom stereocenters. The van der Waals surface area contributed by atoms with Gasteiger partial charge in [0.05, 0.1) is 108 Å². The first kappa shape index (κ1) is 63.9. The lowest BCUT2D eigenvalue weighted by Gasteiger charge is -2.49. The lowest BCUT2D eigenvalue weighted by atomic mass is 9.96. The number of aliphatic hydroxyl groups excluding tert-OH is 1. The zero-order chi connectivity index (χ0) is 60.9. The summed E-state index contributed by atoms with van der Waals surface area (Å²) >= 11 is 0. The predicted molar refractivity (Wildman–Crippen MR) is 318 cm³/mol. The van der Waals surface area contributed by atoms with Crippen LogP contribution in [0.25, 0.3) is 0 Å². The Balaban J connectivity index is 1.13. The van der Waals surface area contributed by atoms with Gasteiger partial charge in [-0.1, -0.05) is 84.9 Å². The van der Waals surface area contributed by atoms with Crippen LogP contribution in [0.3, 0.4) is 0 Å². The van der Waals surface area contributed by atoms with Gasteiger partial charge in [-0.05, 0) is 124 Å². The molecule has 2 saturated heterocycles. The Morgan fingerprint density at radius 2 is 0.632 bits per heavy atom. The number of carbonyl (C=O) groups is 1. The van der Waals surface area contributed by atoms with Gasteiger partial charge in [0.25, 0.3) is 0 Å². The molecule has 0 aromatic heterocycles. The summed E-state index contributed by atoms with van der Waals surface area (Å²) in [6.45, 7) is 0.378. The van der Waals surface area contributed by atoms with Gasteiger partial charge >= 0.3 is 5.97 Å². The highest BCUT2D eigenvalue weighted by Crippen LogP contribution is 2.37. The quantitative estimate of drug-likeness (QED) is 0.0402. The van der Waals surface area contributed by atoms with E-state index in [1.54, 1.807) is 54.8 Å². The maximum Gasteiger partial charge on any atom is 0.335 e. The Morgan fingerprint density at radius 1 is 0.345 bits per heavy atom. The summed E-state index contributed by atoms with van der Waals surface area (Å²) < 4.78 is 102. The Hall–Kier alpha value is -7.63. The number of aromatic carboxylic acids is 1. The summed E-state index contributed by atoms with van der Waals surface area (Å²) in [5.41, 5.74) is 5.72. The third-order valence-electron chi connectivity index (χ3n) is 14.9. The molecule has 2 aliphatic rings. The van der Waals surface area contributed by atoms with Crippen LogP contribution in [0.2, 0.25) is 0 Å². The summed E-state index contributed by atoms with van der Waals surface area (Å²) in [5, 5.41) is 22.3. The van der Waals surface area contributed by atoms with E-state index in [4.69, 9.17) is 75.8 Å². The topological polar surface area (TPSA) is 205 Å². The molecule has 19 heteroatoms. The molecule has 0 bridgehead atoms. The van der Waals surface area contributed by atoms with Gasteiger partial charge in [0, 0.05) is 0 Å². The van der Waals surface area contributed by atoms with E-state index in [2.05, 4.69) is 0 Å². The number of benzene rings is 7. The van der Waals surface area contributed by atoms with Gasteiger partial charge in [0.2, 0.25) is 0 Å². The fraction of sp³-hybridized carbons (Fsp3) is 0.368. The molecule has 0 radical (unpaired) electrons. The third-order valence-corrected chi connectivity index (χ3v) is 14.9. The van der Waals surface area contributed by atoms with E-state index in [9.17, 15) is 15.0 Å². The highest BCUT2D eigenvalue weighted by atomic mass is 16.8. The second-order valence-corrected chi connectivity index (χ2v) is 20.7. The third kappa shape index (κ3) is 18.0. The van der Waals surface area contributed by atoms with Crippen molar-refractivity contribution in [2.75, 3.05) is 55.9 Å². The van der Waals surface area contributed by atoms with Crippen molar-refractivity contribution < 1.29 is 90.8 Å². The van der Waals surface area contributed by atoms with Crippen molar-refractivity contribution >= 4 is 5.97 Å². The van der Waals surface area contributed by atoms with Crippen molar-refractivity contribution in [2.45, 2.75) is 108 Å². The van der Waals surface area contributed by atoms with E-state index in [1.165, 1.54) is 12.1 Å². The maximum atomic E-state index is 12.6. The number of carboxylic acids is 1. The lowest BCUT2D eigenvalue weighted by Crippen LogP contribution is -2.66. The van der Waals surface area contributed by atoms with Crippen LogP contribution in [0.15, 0.2) is 170 Å². The molecule has 0 aliphatic carbocycles. The van der Waals surface area contributed by atoms with Crippen molar-refractivity contribution in [2.24, 2.45) is 0 Å². The van der Waals surface area contributed by atoms with Crippen LogP contribution in [0.4, 0.5) is 0 Å². The van der Waals surface area contributed by atoms with Crippen LogP contribution in [-0.2, 0) is 93.6 Å². The summed E-state index contributed by atoms with van der Waals surface area (Å²) in [6.07, 6.45) is -11.3. The van der Waals surface area contributed by atoms with Crippen LogP contribution >= 0.6 is 0 Å². The number of hydrogen-bond donors (Lipinski definition) is 2. The minimum absolute atomic E-state index is 0.0145. The fourth-order valence-electron chi connectivity index (χ4n) is 9.95. The van der Waals surface area contributed by atoms with E-state index in [1.807, 2.05) is 146 Å². The van der Waals surface area contributed by atoms with Crippen LogP contribution in [0.5, 0.6) is 34.5 Å². The second kappa shape index (κ2) is 32.4. The first-order chi connectivity index (χ1) is 42.5. The van der Waals surface area contributed by atoms with E-state index >= 15 is 0 Å². The second-order valence-electron chi connectivity index (χ2n) is 20.7. The molecule has 10 atom stereocenters. The first-order valence-corrected chi connectivity index (χ1v) is 28.5. The van der Waals surface area contributed by atoms with Crippen LogP contribution in [0.1, 0.15) is 49.3 Å². The van der Waals surface area contributed by atoms with Crippen molar-refractivity contribution in [1.82, 2.24) is 0 Å². The van der Waals surface area contributed by atoms with Crippen molar-refractivity contribution in [3.63, 3.8) is 0 Å². The Morgan fingerprint density at radius 3 is 0.989 bits per heavy atom. The minimum Gasteiger partial charge on any atom is -0.497 e. The zero-order valence-electron chi connectivity index (χ0n) is 49.6. The molecule has 7 aromatic carbocycles. The van der Waals surface area contributed by atoms with Crippen LogP contribution in [-0.4, -0.2) is 133 Å². The Kier molecular flexibility index (Phi) is 23.8. The van der Waals surface area contributed by atoms with Gasteiger partial charge in [-0.15, -0.1) is 0 Å². The molecule has 87 heavy (non-hydrogen) atoms. The Bertz CT molecular complexity index is 3130. The average molecular weight is 1200 g/mol. The molecular weight excluding hydrogens is 1120 g/mol. The monoisotopic (exact) mass is 1200 g/mol. The number of carboxylic acid groups (broad SMARTS) is 1. The molecule has 462 valence electrons. The predicted octanol–water partition coefficient (Wildman–Crippen LogP) is 9.92. The highest BCUT2D eigenvalue weighted by molar-refractivity contribution is 5.87. The molecule has 19 nitrogen and oxygen atoms in total. The molecular formula is C68H76O19. The van der Waals surface area contributed by atoms with E-state index in [0.717, 1.165) is 33.4 Å². The molecule has 0 saturated carbocycles. The van der Waals surface area contributed by atoms with Gasteiger partial charge < -0.3 is 86.0 Å².